The summed E-state index contributed by atoms with van der Waals surface area (Å²) in [5, 5.41) is 1.17. The number of morpholine rings is 1. The Kier molecular flexibility index (Phi) is 5.54. The fraction of sp³-hybridized carbons (Fsp3) is 0.440. The summed E-state index contributed by atoms with van der Waals surface area (Å²) in [5.74, 6) is 1.86. The Bertz CT molecular complexity index is 1280. The number of likely N-dealkylation sites (N-methyl/N-ethyl adjacent to an activating group) is 1. The second-order valence-electron chi connectivity index (χ2n) is 9.23. The van der Waals surface area contributed by atoms with Crippen molar-refractivity contribution in [3.63, 3.8) is 0 Å². The summed E-state index contributed by atoms with van der Waals surface area (Å²) in [6.45, 7) is 10.8. The number of aromatic amines is 1. The molecule has 2 aliphatic rings. The minimum atomic E-state index is 0.743. The molecular weight excluding hydrogens is 432 g/mol. The standard InChI is InChI=1S/C25H30N6OS/c1-17-13-20(19-3-4-26-21(19)14-17)24-27-22-15-18(16-30-7-5-29(2)6-8-30)33-23(22)25(28-24)31-9-11-32-12-10-31/h3-4,13-15,26H,5-12,16H2,1-2H3. The van der Waals surface area contributed by atoms with E-state index in [1.165, 1.54) is 20.5 Å². The van der Waals surface area contributed by atoms with Gasteiger partial charge in [-0.25, -0.2) is 9.97 Å². The van der Waals surface area contributed by atoms with E-state index in [0.717, 1.165) is 87.3 Å². The first-order valence-corrected chi connectivity index (χ1v) is 12.6. The number of fused-ring (bicyclic) bond motifs is 2. The van der Waals surface area contributed by atoms with Gasteiger partial charge in [-0.15, -0.1) is 11.3 Å². The number of nitrogens with one attached hydrogen (secondary N) is 1. The van der Waals surface area contributed by atoms with E-state index in [1.807, 2.05) is 17.5 Å². The maximum Gasteiger partial charge on any atom is 0.162 e. The van der Waals surface area contributed by atoms with E-state index in [-0.39, 0.29) is 0 Å². The highest BCUT2D eigenvalue weighted by molar-refractivity contribution is 7.19. The molecule has 0 radical (unpaired) electrons. The van der Waals surface area contributed by atoms with Crippen LogP contribution in [0.2, 0.25) is 0 Å². The highest BCUT2D eigenvalue weighted by Gasteiger charge is 2.22. The molecule has 6 rings (SSSR count). The monoisotopic (exact) mass is 462 g/mol. The Morgan fingerprint density at radius 1 is 1.03 bits per heavy atom. The van der Waals surface area contributed by atoms with Gasteiger partial charge in [0.15, 0.2) is 11.6 Å². The lowest BCUT2D eigenvalue weighted by atomic mass is 10.1. The molecule has 8 heteroatoms. The topological polar surface area (TPSA) is 60.5 Å². The van der Waals surface area contributed by atoms with Crippen LogP contribution in [0.1, 0.15) is 10.4 Å². The van der Waals surface area contributed by atoms with Crippen molar-refractivity contribution in [3.05, 3.63) is 40.9 Å². The van der Waals surface area contributed by atoms with Crippen LogP contribution in [0, 0.1) is 6.92 Å². The van der Waals surface area contributed by atoms with Gasteiger partial charge in [0.1, 0.15) is 0 Å². The number of anilines is 1. The highest BCUT2D eigenvalue weighted by Crippen LogP contribution is 2.36. The van der Waals surface area contributed by atoms with Gasteiger partial charge in [0, 0.05) is 73.4 Å². The van der Waals surface area contributed by atoms with Gasteiger partial charge in [0.2, 0.25) is 0 Å². The fourth-order valence-electron chi connectivity index (χ4n) is 4.87. The van der Waals surface area contributed by atoms with Gasteiger partial charge < -0.3 is 19.5 Å². The molecule has 0 unspecified atom stereocenters. The fourth-order valence-corrected chi connectivity index (χ4v) is 6.03. The van der Waals surface area contributed by atoms with Crippen molar-refractivity contribution in [3.8, 4) is 11.4 Å². The van der Waals surface area contributed by atoms with Crippen molar-refractivity contribution in [2.45, 2.75) is 13.5 Å². The van der Waals surface area contributed by atoms with E-state index in [4.69, 9.17) is 14.7 Å². The SMILES string of the molecule is Cc1cc(-c2nc(N3CCOCC3)c3sc(CN4CCN(C)CC4)cc3n2)c2cc[nH]c2c1. The van der Waals surface area contributed by atoms with Crippen molar-refractivity contribution in [1.29, 1.82) is 0 Å². The minimum Gasteiger partial charge on any atom is -0.378 e. The second kappa shape index (κ2) is 8.68. The lowest BCUT2D eigenvalue weighted by Gasteiger charge is -2.31. The first-order valence-electron chi connectivity index (χ1n) is 11.8. The molecule has 0 aliphatic carbocycles. The van der Waals surface area contributed by atoms with Crippen LogP contribution in [0.25, 0.3) is 32.5 Å². The van der Waals surface area contributed by atoms with Crippen LogP contribution in [-0.2, 0) is 11.3 Å². The average molecular weight is 463 g/mol. The van der Waals surface area contributed by atoms with E-state index in [0.29, 0.717) is 0 Å². The molecule has 3 aromatic heterocycles. The second-order valence-corrected chi connectivity index (χ2v) is 10.4. The van der Waals surface area contributed by atoms with Gasteiger partial charge in [-0.1, -0.05) is 0 Å². The van der Waals surface area contributed by atoms with Crippen LogP contribution < -0.4 is 4.90 Å². The average Bonchev–Trinajstić information content (AvgIpc) is 3.46. The zero-order valence-electron chi connectivity index (χ0n) is 19.3. The minimum absolute atomic E-state index is 0.743. The van der Waals surface area contributed by atoms with Crippen molar-refractivity contribution >= 4 is 38.3 Å². The number of thiophene rings is 1. The molecule has 1 N–H and O–H groups in total. The molecule has 2 aliphatic heterocycles. The number of H-pyrrole nitrogens is 1. The van der Waals surface area contributed by atoms with Crippen molar-refractivity contribution < 1.29 is 4.74 Å². The Labute approximate surface area is 198 Å². The summed E-state index contributed by atoms with van der Waals surface area (Å²) in [7, 11) is 2.20. The van der Waals surface area contributed by atoms with Crippen LogP contribution in [0.5, 0.6) is 0 Å². The number of piperazine rings is 1. The summed E-state index contributed by atoms with van der Waals surface area (Å²) >= 11 is 1.86. The van der Waals surface area contributed by atoms with Gasteiger partial charge in [0.05, 0.1) is 23.4 Å². The molecule has 0 saturated carbocycles. The van der Waals surface area contributed by atoms with E-state index >= 15 is 0 Å². The predicted molar refractivity (Wildman–Crippen MR) is 135 cm³/mol. The third-order valence-electron chi connectivity index (χ3n) is 6.74. The van der Waals surface area contributed by atoms with Crippen LogP contribution in [-0.4, -0.2) is 84.3 Å². The molecular formula is C25H30N6OS. The zero-order chi connectivity index (χ0) is 22.4. The molecule has 0 atom stereocenters. The van der Waals surface area contributed by atoms with Gasteiger partial charge in [-0.3, -0.25) is 4.90 Å². The third-order valence-corrected chi connectivity index (χ3v) is 7.85. The summed E-state index contributed by atoms with van der Waals surface area (Å²) < 4.78 is 6.83. The van der Waals surface area contributed by atoms with Gasteiger partial charge in [-0.05, 0) is 43.8 Å². The number of aromatic nitrogens is 3. The van der Waals surface area contributed by atoms with Crippen molar-refractivity contribution in [2.24, 2.45) is 0 Å². The number of rotatable bonds is 4. The van der Waals surface area contributed by atoms with Crippen LogP contribution in [0.3, 0.4) is 0 Å². The molecule has 0 amide bonds. The molecule has 0 spiro atoms. The van der Waals surface area contributed by atoms with Gasteiger partial charge in [0.25, 0.3) is 0 Å². The van der Waals surface area contributed by atoms with E-state index in [2.05, 4.69) is 57.9 Å². The Morgan fingerprint density at radius 3 is 2.67 bits per heavy atom. The van der Waals surface area contributed by atoms with Crippen LogP contribution in [0.4, 0.5) is 5.82 Å². The number of hydrogen-bond donors (Lipinski definition) is 1. The molecule has 2 fully saturated rings. The molecule has 5 heterocycles. The smallest absolute Gasteiger partial charge is 0.162 e. The lowest BCUT2D eigenvalue weighted by Crippen LogP contribution is -2.43. The quantitative estimate of drug-likeness (QED) is 0.499. The lowest BCUT2D eigenvalue weighted by molar-refractivity contribution is 0.122. The first-order chi connectivity index (χ1) is 16.1. The molecule has 7 nitrogen and oxygen atoms in total. The predicted octanol–water partition coefficient (Wildman–Crippen LogP) is 3.73. The molecule has 2 saturated heterocycles. The number of ether oxygens (including phenoxy) is 1. The number of nitrogens with zero attached hydrogens (tertiary/aromatic N) is 5. The zero-order valence-corrected chi connectivity index (χ0v) is 20.1. The Morgan fingerprint density at radius 2 is 1.85 bits per heavy atom. The molecule has 33 heavy (non-hydrogen) atoms. The molecule has 4 aromatic rings. The van der Waals surface area contributed by atoms with Crippen LogP contribution >= 0.6 is 11.3 Å². The summed E-state index contributed by atoms with van der Waals surface area (Å²) in [6.07, 6.45) is 1.99. The molecule has 0 bridgehead atoms. The summed E-state index contributed by atoms with van der Waals surface area (Å²) in [4.78, 5) is 22.3. The Hall–Kier alpha value is -2.52. The number of aryl methyl sites for hydroxylation is 1. The Balaban J connectivity index is 1.44. The normalized spacial score (nSPS) is 18.5. The first kappa shape index (κ1) is 21.0. The molecule has 1 aromatic carbocycles. The maximum atomic E-state index is 5.63. The van der Waals surface area contributed by atoms with E-state index in [9.17, 15) is 0 Å². The summed E-state index contributed by atoms with van der Waals surface area (Å²) in [5.41, 5.74) is 4.48. The van der Waals surface area contributed by atoms with E-state index in [1.54, 1.807) is 0 Å². The van der Waals surface area contributed by atoms with E-state index < -0.39 is 0 Å². The largest absolute Gasteiger partial charge is 0.378 e. The highest BCUT2D eigenvalue weighted by atomic mass is 32.1. The number of hydrogen-bond acceptors (Lipinski definition) is 7. The maximum absolute atomic E-state index is 5.63. The van der Waals surface area contributed by atoms with Crippen molar-refractivity contribution in [1.82, 2.24) is 24.8 Å². The number of benzene rings is 1. The summed E-state index contributed by atoms with van der Waals surface area (Å²) in [6, 6.07) is 8.80. The van der Waals surface area contributed by atoms with Gasteiger partial charge in [-0.2, -0.15) is 0 Å². The van der Waals surface area contributed by atoms with Crippen LogP contribution in [0.15, 0.2) is 30.5 Å². The third kappa shape index (κ3) is 4.12. The van der Waals surface area contributed by atoms with Crippen molar-refractivity contribution in [2.75, 3.05) is 64.4 Å². The van der Waals surface area contributed by atoms with Gasteiger partial charge >= 0.3 is 0 Å². The molecule has 172 valence electrons.